The van der Waals surface area contributed by atoms with Crippen molar-refractivity contribution in [3.8, 4) is 0 Å². The SMILES string of the molecule is CC(=O)OC(CCCCCCCCCCCCCCCCCOS(=O)(=O)[O-])OS(=O)(=O)[O-].[Na+].[Na+]. The minimum Gasteiger partial charge on any atom is -0.726 e. The molecule has 0 rings (SSSR count). The third kappa shape index (κ3) is 33.2. The van der Waals surface area contributed by atoms with Gasteiger partial charge in [0.25, 0.3) is 0 Å². The molecule has 0 saturated carbocycles. The molecule has 0 aliphatic rings. The van der Waals surface area contributed by atoms with Crippen molar-refractivity contribution in [2.75, 3.05) is 6.61 Å². The number of rotatable bonds is 22. The molecule has 0 aromatic carbocycles. The van der Waals surface area contributed by atoms with Gasteiger partial charge in [-0.25, -0.2) is 21.0 Å². The zero-order valence-electron chi connectivity index (χ0n) is 21.0. The summed E-state index contributed by atoms with van der Waals surface area (Å²) < 4.78 is 75.8. The Kier molecular flexibility index (Phi) is 28.7. The molecule has 14 heteroatoms. The number of carbonyl (C=O) groups is 1. The van der Waals surface area contributed by atoms with Gasteiger partial charge in [0.15, 0.2) is 0 Å². The topological polar surface area (TPSA) is 159 Å². The quantitative estimate of drug-likeness (QED) is 0.0373. The van der Waals surface area contributed by atoms with Crippen molar-refractivity contribution < 1.29 is 103 Å². The number of hydrogen-bond donors (Lipinski definition) is 0. The third-order valence-electron chi connectivity index (χ3n) is 4.83. The maximum atomic E-state index is 10.9. The maximum absolute atomic E-state index is 10.9. The van der Waals surface area contributed by atoms with Crippen LogP contribution in [0.3, 0.4) is 0 Å². The Morgan fingerprint density at radius 2 is 1.00 bits per heavy atom. The van der Waals surface area contributed by atoms with Gasteiger partial charge in [-0.3, -0.25) is 8.98 Å². The standard InChI is InChI=1S/C20H40O10S2.2Na/c1-19(21)29-20(30-32(25,26)27)17-15-13-11-9-7-5-3-2-4-6-8-10-12-14-16-18-28-31(22,23)24;;/h20H,2-18H2,1H3,(H,22,23,24)(H,25,26,27);;/q;2*+1/p-2. The average Bonchev–Trinajstić information content (AvgIpc) is 2.64. The second-order valence-corrected chi connectivity index (χ2v) is 9.93. The van der Waals surface area contributed by atoms with E-state index in [1.54, 1.807) is 0 Å². The van der Waals surface area contributed by atoms with E-state index in [2.05, 4.69) is 8.37 Å². The van der Waals surface area contributed by atoms with Crippen LogP contribution in [-0.2, 0) is 38.7 Å². The van der Waals surface area contributed by atoms with Gasteiger partial charge in [-0.05, 0) is 12.8 Å². The van der Waals surface area contributed by atoms with Gasteiger partial charge in [-0.15, -0.1) is 0 Å². The van der Waals surface area contributed by atoms with Crippen molar-refractivity contribution in [3.63, 3.8) is 0 Å². The first kappa shape index (κ1) is 39.7. The number of esters is 1. The fourth-order valence-electron chi connectivity index (χ4n) is 3.32. The third-order valence-corrected chi connectivity index (χ3v) is 5.74. The average molecular weight is 549 g/mol. The van der Waals surface area contributed by atoms with Crippen LogP contribution in [0.5, 0.6) is 0 Å². The predicted octanol–water partition coefficient (Wildman–Crippen LogP) is -1.92. The summed E-state index contributed by atoms with van der Waals surface area (Å²) in [6.07, 6.45) is 14.2. The van der Waals surface area contributed by atoms with E-state index in [1.165, 1.54) is 32.1 Å². The number of hydrogen-bond acceptors (Lipinski definition) is 10. The summed E-state index contributed by atoms with van der Waals surface area (Å²) >= 11 is 0. The van der Waals surface area contributed by atoms with E-state index in [0.717, 1.165) is 58.3 Å². The van der Waals surface area contributed by atoms with E-state index in [4.69, 9.17) is 4.74 Å². The predicted molar refractivity (Wildman–Crippen MR) is 116 cm³/mol. The molecule has 0 aliphatic carbocycles. The number of unbranched alkanes of at least 4 members (excludes halogenated alkanes) is 14. The number of ether oxygens (including phenoxy) is 1. The molecule has 192 valence electrons. The van der Waals surface area contributed by atoms with Gasteiger partial charge in [0.1, 0.15) is 0 Å². The minimum absolute atomic E-state index is 0. The number of carbonyl (C=O) groups excluding carboxylic acids is 1. The Morgan fingerprint density at radius 1 is 0.647 bits per heavy atom. The molecular weight excluding hydrogens is 510 g/mol. The molecule has 0 aromatic heterocycles. The van der Waals surface area contributed by atoms with E-state index >= 15 is 0 Å². The Morgan fingerprint density at radius 3 is 1.32 bits per heavy atom. The van der Waals surface area contributed by atoms with Crippen LogP contribution in [0.1, 0.15) is 110 Å². The van der Waals surface area contributed by atoms with Gasteiger partial charge in [0.2, 0.25) is 27.1 Å². The fourth-order valence-corrected chi connectivity index (χ4v) is 4.04. The smallest absolute Gasteiger partial charge is 0.726 e. The van der Waals surface area contributed by atoms with Gasteiger partial charge in [0.05, 0.1) is 6.61 Å². The van der Waals surface area contributed by atoms with Crippen LogP contribution < -0.4 is 59.1 Å². The summed E-state index contributed by atoms with van der Waals surface area (Å²) in [5.74, 6) is -0.694. The molecule has 0 amide bonds. The van der Waals surface area contributed by atoms with Gasteiger partial charge in [-0.2, -0.15) is 0 Å². The molecular formula is C20H38Na2O10S2. The van der Waals surface area contributed by atoms with Crippen LogP contribution in [0.4, 0.5) is 0 Å². The van der Waals surface area contributed by atoms with Crippen LogP contribution in [0, 0.1) is 0 Å². The Bertz CT molecular complexity index is 687. The van der Waals surface area contributed by atoms with E-state index in [-0.39, 0.29) is 72.1 Å². The van der Waals surface area contributed by atoms with E-state index in [0.29, 0.717) is 12.8 Å². The zero-order valence-corrected chi connectivity index (χ0v) is 26.6. The van der Waals surface area contributed by atoms with Gasteiger partial charge < -0.3 is 13.8 Å². The van der Waals surface area contributed by atoms with Gasteiger partial charge >= 0.3 is 65.1 Å². The van der Waals surface area contributed by atoms with Gasteiger partial charge in [-0.1, -0.05) is 83.5 Å². The Balaban J connectivity index is -0.00000480. The van der Waals surface area contributed by atoms with E-state index in [9.17, 15) is 30.7 Å². The first-order valence-corrected chi connectivity index (χ1v) is 14.1. The first-order valence-electron chi connectivity index (χ1n) is 11.4. The van der Waals surface area contributed by atoms with Crippen LogP contribution in [0.25, 0.3) is 0 Å². The van der Waals surface area contributed by atoms with Crippen LogP contribution in [0.15, 0.2) is 0 Å². The van der Waals surface area contributed by atoms with Crippen molar-refractivity contribution in [2.24, 2.45) is 0 Å². The zero-order chi connectivity index (χ0) is 24.3. The van der Waals surface area contributed by atoms with Gasteiger partial charge in [0, 0.05) is 13.3 Å². The van der Waals surface area contributed by atoms with Crippen LogP contribution >= 0.6 is 0 Å². The van der Waals surface area contributed by atoms with Crippen molar-refractivity contribution in [1.29, 1.82) is 0 Å². The molecule has 0 aliphatic heterocycles. The molecule has 1 atom stereocenters. The molecule has 34 heavy (non-hydrogen) atoms. The summed E-state index contributed by atoms with van der Waals surface area (Å²) in [5, 5.41) is 0. The summed E-state index contributed by atoms with van der Waals surface area (Å²) in [4.78, 5) is 10.9. The second-order valence-electron chi connectivity index (χ2n) is 7.87. The molecule has 0 fully saturated rings. The van der Waals surface area contributed by atoms with E-state index in [1.807, 2.05) is 0 Å². The fraction of sp³-hybridized carbons (Fsp3) is 0.950. The molecule has 0 heterocycles. The van der Waals surface area contributed by atoms with Crippen LogP contribution in [-0.4, -0.2) is 44.8 Å². The monoisotopic (exact) mass is 548 g/mol. The minimum atomic E-state index is -4.91. The molecule has 0 saturated heterocycles. The Hall–Kier alpha value is 1.21. The molecule has 0 spiro atoms. The van der Waals surface area contributed by atoms with Crippen molar-refractivity contribution in [3.05, 3.63) is 0 Å². The summed E-state index contributed by atoms with van der Waals surface area (Å²) in [6.45, 7) is 1.10. The second kappa shape index (κ2) is 24.5. The Labute approximate surface area is 250 Å². The molecule has 0 aromatic rings. The molecule has 0 radical (unpaired) electrons. The largest absolute Gasteiger partial charge is 1.00 e. The van der Waals surface area contributed by atoms with Crippen molar-refractivity contribution in [2.45, 2.75) is 116 Å². The molecule has 10 nitrogen and oxygen atoms in total. The normalized spacial score (nSPS) is 12.4. The molecule has 0 bridgehead atoms. The van der Waals surface area contributed by atoms with Crippen molar-refractivity contribution in [1.82, 2.24) is 0 Å². The summed E-state index contributed by atoms with van der Waals surface area (Å²) in [7, 11) is -9.46. The maximum Gasteiger partial charge on any atom is 1.00 e. The molecule has 1 unspecified atom stereocenters. The van der Waals surface area contributed by atoms with E-state index < -0.39 is 33.1 Å². The van der Waals surface area contributed by atoms with Crippen molar-refractivity contribution >= 4 is 26.8 Å². The first-order chi connectivity index (χ1) is 15.0. The van der Waals surface area contributed by atoms with Crippen LogP contribution in [0.2, 0.25) is 0 Å². The summed E-state index contributed by atoms with van der Waals surface area (Å²) in [5.41, 5.74) is 0. The molecule has 0 N–H and O–H groups in total. The summed E-state index contributed by atoms with van der Waals surface area (Å²) in [6, 6.07) is 0.